The standard InChI is InChI=1S/C29H38N4O3/c1-3-5-6-7-16-33-17-14-21(15-18-33)26-20-30-27-13-12-24(19-25(26)27)32-29(35)31-23-10-8-22(9-11-23)28(34)36-4-2/h8-13,19-21,30H,3-7,14-18H2,1-2H3,(H2,31,32,35). The molecule has 0 aliphatic carbocycles. The summed E-state index contributed by atoms with van der Waals surface area (Å²) in [6, 6.07) is 12.3. The summed E-state index contributed by atoms with van der Waals surface area (Å²) >= 11 is 0. The highest BCUT2D eigenvalue weighted by molar-refractivity contribution is 6.01. The Morgan fingerprint density at radius 2 is 1.69 bits per heavy atom. The van der Waals surface area contributed by atoms with E-state index < -0.39 is 0 Å². The quantitative estimate of drug-likeness (QED) is 0.217. The summed E-state index contributed by atoms with van der Waals surface area (Å²) in [5.41, 5.74) is 4.24. The van der Waals surface area contributed by atoms with Crippen molar-refractivity contribution in [2.45, 2.75) is 58.3 Å². The molecule has 192 valence electrons. The SMILES string of the molecule is CCCCCCN1CCC(c2c[nH]c3ccc(NC(=O)Nc4ccc(C(=O)OCC)cc4)cc23)CC1. The van der Waals surface area contributed by atoms with Gasteiger partial charge in [0.05, 0.1) is 12.2 Å². The number of nitrogens with one attached hydrogen (secondary N) is 3. The number of hydrogen-bond donors (Lipinski definition) is 3. The zero-order chi connectivity index (χ0) is 25.3. The zero-order valence-electron chi connectivity index (χ0n) is 21.4. The number of H-pyrrole nitrogens is 1. The molecule has 0 bridgehead atoms. The van der Waals surface area contributed by atoms with Crippen LogP contribution < -0.4 is 10.6 Å². The maximum Gasteiger partial charge on any atom is 0.338 e. The van der Waals surface area contributed by atoms with Gasteiger partial charge >= 0.3 is 12.0 Å². The lowest BCUT2D eigenvalue weighted by molar-refractivity contribution is 0.0526. The Labute approximate surface area is 213 Å². The van der Waals surface area contributed by atoms with Gasteiger partial charge in [-0.1, -0.05) is 26.2 Å². The summed E-state index contributed by atoms with van der Waals surface area (Å²) in [5.74, 6) is 0.161. The maximum absolute atomic E-state index is 12.6. The first-order valence-corrected chi connectivity index (χ1v) is 13.3. The molecular formula is C29H38N4O3. The number of esters is 1. The van der Waals surface area contributed by atoms with Crippen molar-refractivity contribution in [1.29, 1.82) is 0 Å². The van der Waals surface area contributed by atoms with E-state index in [1.54, 1.807) is 31.2 Å². The van der Waals surface area contributed by atoms with Crippen molar-refractivity contribution in [2.24, 2.45) is 0 Å². The minimum atomic E-state index is -0.373. The van der Waals surface area contributed by atoms with Crippen molar-refractivity contribution in [3.8, 4) is 0 Å². The Kier molecular flexibility index (Phi) is 9.01. The van der Waals surface area contributed by atoms with Gasteiger partial charge in [-0.05, 0) is 99.8 Å². The van der Waals surface area contributed by atoms with Crippen LogP contribution in [0.5, 0.6) is 0 Å². The van der Waals surface area contributed by atoms with E-state index in [2.05, 4.69) is 39.7 Å². The van der Waals surface area contributed by atoms with E-state index in [0.717, 1.165) is 24.3 Å². The normalized spacial score (nSPS) is 14.6. The van der Waals surface area contributed by atoms with Crippen LogP contribution in [0.2, 0.25) is 0 Å². The number of urea groups is 1. The van der Waals surface area contributed by atoms with Gasteiger partial charge in [-0.2, -0.15) is 0 Å². The van der Waals surface area contributed by atoms with Gasteiger partial charge in [-0.15, -0.1) is 0 Å². The van der Waals surface area contributed by atoms with Crippen LogP contribution in [-0.4, -0.2) is 48.1 Å². The van der Waals surface area contributed by atoms with Gasteiger partial charge in [-0.25, -0.2) is 9.59 Å². The molecule has 3 aromatic rings. The van der Waals surface area contributed by atoms with Gasteiger partial charge in [0.1, 0.15) is 0 Å². The second-order valence-corrected chi connectivity index (χ2v) is 9.56. The minimum Gasteiger partial charge on any atom is -0.462 e. The molecular weight excluding hydrogens is 452 g/mol. The van der Waals surface area contributed by atoms with Crippen molar-refractivity contribution in [1.82, 2.24) is 9.88 Å². The zero-order valence-corrected chi connectivity index (χ0v) is 21.4. The molecule has 4 rings (SSSR count). The summed E-state index contributed by atoms with van der Waals surface area (Å²) in [7, 11) is 0. The van der Waals surface area contributed by atoms with Gasteiger partial charge in [0.25, 0.3) is 0 Å². The number of amides is 2. The molecule has 3 N–H and O–H groups in total. The molecule has 7 nitrogen and oxygen atoms in total. The molecule has 7 heteroatoms. The van der Waals surface area contributed by atoms with E-state index in [1.807, 2.05) is 12.1 Å². The molecule has 0 atom stereocenters. The number of aromatic amines is 1. The molecule has 2 amide bonds. The number of carbonyl (C=O) groups excluding carboxylic acids is 2. The van der Waals surface area contributed by atoms with Gasteiger partial charge < -0.3 is 25.3 Å². The van der Waals surface area contributed by atoms with Crippen LogP contribution >= 0.6 is 0 Å². The topological polar surface area (TPSA) is 86.5 Å². The number of nitrogens with zero attached hydrogens (tertiary/aromatic N) is 1. The number of unbranched alkanes of at least 4 members (excludes halogenated alkanes) is 3. The van der Waals surface area contributed by atoms with E-state index >= 15 is 0 Å². The fourth-order valence-corrected chi connectivity index (χ4v) is 4.98. The van der Waals surface area contributed by atoms with Crippen LogP contribution in [0.25, 0.3) is 10.9 Å². The highest BCUT2D eigenvalue weighted by Crippen LogP contribution is 2.34. The van der Waals surface area contributed by atoms with Gasteiger partial charge in [-0.3, -0.25) is 0 Å². The van der Waals surface area contributed by atoms with E-state index in [1.165, 1.54) is 56.0 Å². The van der Waals surface area contributed by atoms with Crippen molar-refractivity contribution in [3.63, 3.8) is 0 Å². The first kappa shape index (κ1) is 25.8. The molecule has 1 aromatic heterocycles. The number of fused-ring (bicyclic) bond motifs is 1. The highest BCUT2D eigenvalue weighted by Gasteiger charge is 2.22. The van der Waals surface area contributed by atoms with Gasteiger partial charge in [0, 0.05) is 28.5 Å². The summed E-state index contributed by atoms with van der Waals surface area (Å²) in [6.07, 6.45) is 9.73. The number of rotatable bonds is 10. The number of benzene rings is 2. The maximum atomic E-state index is 12.6. The number of hydrogen-bond acceptors (Lipinski definition) is 4. The predicted octanol–water partition coefficient (Wildman–Crippen LogP) is 6.75. The second kappa shape index (κ2) is 12.6. The lowest BCUT2D eigenvalue weighted by Gasteiger charge is -2.32. The number of aromatic nitrogens is 1. The van der Waals surface area contributed by atoms with Gasteiger partial charge in [0.15, 0.2) is 0 Å². The molecule has 36 heavy (non-hydrogen) atoms. The third-order valence-electron chi connectivity index (χ3n) is 6.98. The lowest BCUT2D eigenvalue weighted by Crippen LogP contribution is -2.33. The number of anilines is 2. The van der Waals surface area contributed by atoms with E-state index in [4.69, 9.17) is 4.74 Å². The summed E-state index contributed by atoms with van der Waals surface area (Å²) in [5, 5.41) is 6.93. The van der Waals surface area contributed by atoms with Crippen LogP contribution in [0.3, 0.4) is 0 Å². The van der Waals surface area contributed by atoms with Crippen LogP contribution in [0.1, 0.15) is 74.2 Å². The molecule has 0 unspecified atom stereocenters. The minimum absolute atomic E-state index is 0.326. The Balaban J connectivity index is 1.34. The smallest absolute Gasteiger partial charge is 0.338 e. The second-order valence-electron chi connectivity index (χ2n) is 9.56. The Hall–Kier alpha value is -3.32. The molecule has 1 aliphatic rings. The Bertz CT molecular complexity index is 1150. The van der Waals surface area contributed by atoms with Crippen molar-refractivity contribution >= 4 is 34.3 Å². The third kappa shape index (κ3) is 6.66. The first-order chi connectivity index (χ1) is 17.6. The van der Waals surface area contributed by atoms with Crippen molar-refractivity contribution < 1.29 is 14.3 Å². The molecule has 2 heterocycles. The average molecular weight is 491 g/mol. The van der Waals surface area contributed by atoms with Crippen LogP contribution in [0.15, 0.2) is 48.7 Å². The predicted molar refractivity (Wildman–Crippen MR) is 146 cm³/mol. The molecule has 0 radical (unpaired) electrons. The largest absolute Gasteiger partial charge is 0.462 e. The van der Waals surface area contributed by atoms with Crippen LogP contribution in [-0.2, 0) is 4.74 Å². The summed E-state index contributed by atoms with van der Waals surface area (Å²) < 4.78 is 5.00. The molecule has 0 spiro atoms. The fraction of sp³-hybridized carbons (Fsp3) is 0.448. The Morgan fingerprint density at radius 1 is 0.972 bits per heavy atom. The van der Waals surface area contributed by atoms with Crippen LogP contribution in [0.4, 0.5) is 16.2 Å². The summed E-state index contributed by atoms with van der Waals surface area (Å²) in [6.45, 7) is 7.87. The lowest BCUT2D eigenvalue weighted by atomic mass is 9.89. The Morgan fingerprint density at radius 3 is 2.42 bits per heavy atom. The molecule has 1 saturated heterocycles. The monoisotopic (exact) mass is 490 g/mol. The fourth-order valence-electron chi connectivity index (χ4n) is 4.98. The van der Waals surface area contributed by atoms with Crippen LogP contribution in [0, 0.1) is 0 Å². The number of carbonyl (C=O) groups is 2. The van der Waals surface area contributed by atoms with Crippen molar-refractivity contribution in [2.75, 3.05) is 36.9 Å². The number of likely N-dealkylation sites (tertiary alicyclic amines) is 1. The van der Waals surface area contributed by atoms with E-state index in [9.17, 15) is 9.59 Å². The molecule has 1 fully saturated rings. The third-order valence-corrected chi connectivity index (χ3v) is 6.98. The summed E-state index contributed by atoms with van der Waals surface area (Å²) in [4.78, 5) is 30.4. The average Bonchev–Trinajstić information content (AvgIpc) is 3.31. The highest BCUT2D eigenvalue weighted by atomic mass is 16.5. The first-order valence-electron chi connectivity index (χ1n) is 13.3. The molecule has 2 aromatic carbocycles. The van der Waals surface area contributed by atoms with Gasteiger partial charge in [0.2, 0.25) is 0 Å². The molecule has 0 saturated carbocycles. The number of ether oxygens (including phenoxy) is 1. The number of piperidine rings is 1. The van der Waals surface area contributed by atoms with E-state index in [0.29, 0.717) is 23.8 Å². The van der Waals surface area contributed by atoms with E-state index in [-0.39, 0.29) is 12.0 Å². The molecule has 1 aliphatic heterocycles. The van der Waals surface area contributed by atoms with Crippen molar-refractivity contribution in [3.05, 3.63) is 59.8 Å².